The van der Waals surface area contributed by atoms with Crippen LogP contribution in [-0.2, 0) is 14.8 Å². The molecule has 3 aromatic rings. The second-order valence-corrected chi connectivity index (χ2v) is 13.5. The summed E-state index contributed by atoms with van der Waals surface area (Å²) in [7, 11) is -1.76. The molecule has 2 aromatic carbocycles. The van der Waals surface area contributed by atoms with Gasteiger partial charge in [0, 0.05) is 55.6 Å². The van der Waals surface area contributed by atoms with Gasteiger partial charge >= 0.3 is 0 Å². The van der Waals surface area contributed by atoms with E-state index in [-0.39, 0.29) is 17.8 Å². The van der Waals surface area contributed by atoms with E-state index in [0.717, 1.165) is 87.7 Å². The number of hydrogen-bond acceptors (Lipinski definition) is 6. The van der Waals surface area contributed by atoms with E-state index in [9.17, 15) is 21.6 Å². The van der Waals surface area contributed by atoms with Gasteiger partial charge in [-0.05, 0) is 98.1 Å². The van der Waals surface area contributed by atoms with Gasteiger partial charge in [-0.3, -0.25) is 9.62 Å². The number of nitrogens with zero attached hydrogens (tertiary/aromatic N) is 2. The van der Waals surface area contributed by atoms with E-state index in [2.05, 4.69) is 19.5 Å². The van der Waals surface area contributed by atoms with Gasteiger partial charge in [0.1, 0.15) is 6.23 Å². The lowest BCUT2D eigenvalue weighted by molar-refractivity contribution is -0.0183. The van der Waals surface area contributed by atoms with Crippen LogP contribution in [0.3, 0.4) is 0 Å². The van der Waals surface area contributed by atoms with Crippen LogP contribution < -0.4 is 10.5 Å². The maximum atomic E-state index is 13.6. The van der Waals surface area contributed by atoms with Crippen LogP contribution in [0.1, 0.15) is 42.7 Å². The minimum Gasteiger partial charge on any atom is -0.363 e. The van der Waals surface area contributed by atoms with Gasteiger partial charge in [-0.1, -0.05) is 6.08 Å². The number of rotatable bonds is 10. The van der Waals surface area contributed by atoms with E-state index in [1.807, 2.05) is 18.3 Å². The quantitative estimate of drug-likeness (QED) is 0.280. The first kappa shape index (κ1) is 31.5. The summed E-state index contributed by atoms with van der Waals surface area (Å²) >= 11 is 0. The summed E-state index contributed by atoms with van der Waals surface area (Å²) in [4.78, 5) is 7.94. The van der Waals surface area contributed by atoms with Crippen molar-refractivity contribution < 1.29 is 26.3 Å². The van der Waals surface area contributed by atoms with E-state index in [0.29, 0.717) is 17.5 Å². The van der Waals surface area contributed by atoms with Crippen molar-refractivity contribution in [2.24, 2.45) is 11.7 Å². The second kappa shape index (κ2) is 13.4. The van der Waals surface area contributed by atoms with Crippen molar-refractivity contribution in [1.29, 1.82) is 0 Å². The molecular formula is C31H40F3N5O3S. The third kappa shape index (κ3) is 7.79. The van der Waals surface area contributed by atoms with Gasteiger partial charge in [0.15, 0.2) is 17.5 Å². The maximum Gasteiger partial charge on any atom is 0.229 e. The Kier molecular flexibility index (Phi) is 9.82. The van der Waals surface area contributed by atoms with Crippen molar-refractivity contribution in [3.8, 4) is 0 Å². The zero-order valence-electron chi connectivity index (χ0n) is 24.5. The van der Waals surface area contributed by atoms with E-state index >= 15 is 0 Å². The van der Waals surface area contributed by atoms with Crippen LogP contribution in [0.15, 0.2) is 42.6 Å². The molecule has 0 amide bonds. The minimum absolute atomic E-state index is 0.0538. The number of nitrogens with two attached hydrogens (primary N) is 1. The summed E-state index contributed by atoms with van der Waals surface area (Å²) < 4.78 is 71.9. The Labute approximate surface area is 251 Å². The standard InChI is InChI=1S/C31H40F3N5O3S/c1-42-30(6-3-20-15-26(32)31(34)27(33)16-20)39-13-9-22(10-14-39)28(35)19-38-11-7-21(8-12-38)25-18-36-29-5-4-23(17-24(25)29)37-43(2,40)41/h3-6,15-18,21-22,28,30,36-37H,7-14,19,35H2,1-2H3/b6-3+. The Balaban J connectivity index is 1.10. The lowest BCUT2D eigenvalue weighted by atomic mass is 9.87. The van der Waals surface area contributed by atoms with Crippen LogP contribution in [0.25, 0.3) is 17.0 Å². The molecule has 0 aliphatic carbocycles. The first-order valence-electron chi connectivity index (χ1n) is 14.7. The van der Waals surface area contributed by atoms with Crippen molar-refractivity contribution in [3.63, 3.8) is 0 Å². The number of nitrogens with one attached hydrogen (secondary N) is 2. The van der Waals surface area contributed by atoms with Crippen LogP contribution in [0.4, 0.5) is 18.9 Å². The van der Waals surface area contributed by atoms with Gasteiger partial charge < -0.3 is 20.4 Å². The number of benzene rings is 2. The average Bonchev–Trinajstić information content (AvgIpc) is 3.39. The number of halogens is 3. The lowest BCUT2D eigenvalue weighted by Crippen LogP contribution is -2.49. The molecule has 0 saturated carbocycles. The van der Waals surface area contributed by atoms with Gasteiger partial charge in [0.25, 0.3) is 0 Å². The predicted molar refractivity (Wildman–Crippen MR) is 164 cm³/mol. The van der Waals surface area contributed by atoms with Crippen LogP contribution in [0.2, 0.25) is 0 Å². The number of piperidine rings is 2. The molecule has 2 aliphatic rings. The van der Waals surface area contributed by atoms with Gasteiger partial charge in [0.05, 0.1) is 6.26 Å². The highest BCUT2D eigenvalue weighted by atomic mass is 32.2. The fraction of sp³-hybridized carbons (Fsp3) is 0.484. The summed E-state index contributed by atoms with van der Waals surface area (Å²) in [5.41, 5.74) is 9.73. The monoisotopic (exact) mass is 619 g/mol. The van der Waals surface area contributed by atoms with E-state index in [1.54, 1.807) is 25.3 Å². The highest BCUT2D eigenvalue weighted by molar-refractivity contribution is 7.92. The molecular weight excluding hydrogens is 579 g/mol. The first-order valence-corrected chi connectivity index (χ1v) is 16.6. The van der Waals surface area contributed by atoms with Crippen molar-refractivity contribution in [2.75, 3.05) is 50.8 Å². The van der Waals surface area contributed by atoms with Gasteiger partial charge in [0.2, 0.25) is 10.0 Å². The zero-order valence-corrected chi connectivity index (χ0v) is 25.3. The number of likely N-dealkylation sites (tertiary alicyclic amines) is 2. The molecule has 2 aliphatic heterocycles. The lowest BCUT2D eigenvalue weighted by Gasteiger charge is -2.40. The zero-order chi connectivity index (χ0) is 30.7. The average molecular weight is 620 g/mol. The number of aromatic nitrogens is 1. The Hall–Kier alpha value is -2.90. The molecule has 2 fully saturated rings. The number of ether oxygens (including phenoxy) is 1. The minimum atomic E-state index is -3.34. The Morgan fingerprint density at radius 2 is 1.74 bits per heavy atom. The van der Waals surface area contributed by atoms with Crippen LogP contribution in [-0.4, -0.2) is 81.6 Å². The molecule has 4 N–H and O–H groups in total. The number of sulfonamides is 1. The Morgan fingerprint density at radius 1 is 1.07 bits per heavy atom. The summed E-state index contributed by atoms with van der Waals surface area (Å²) in [5, 5.41) is 1.05. The number of anilines is 1. The number of H-pyrrole nitrogens is 1. The third-order valence-corrected chi connectivity index (χ3v) is 9.36. The first-order chi connectivity index (χ1) is 20.5. The largest absolute Gasteiger partial charge is 0.363 e. The molecule has 0 spiro atoms. The maximum absolute atomic E-state index is 13.6. The number of hydrogen-bond donors (Lipinski definition) is 3. The van der Waals surface area contributed by atoms with Crippen LogP contribution in [0, 0.1) is 23.4 Å². The molecule has 2 atom stereocenters. The van der Waals surface area contributed by atoms with Crippen molar-refractivity contribution in [2.45, 2.75) is 43.9 Å². The van der Waals surface area contributed by atoms with Crippen molar-refractivity contribution in [3.05, 3.63) is 71.2 Å². The fourth-order valence-corrected chi connectivity index (χ4v) is 7.00. The van der Waals surface area contributed by atoms with Crippen molar-refractivity contribution in [1.82, 2.24) is 14.8 Å². The van der Waals surface area contributed by atoms with Gasteiger partial charge in [-0.15, -0.1) is 0 Å². The highest BCUT2D eigenvalue weighted by Crippen LogP contribution is 2.35. The Morgan fingerprint density at radius 3 is 2.37 bits per heavy atom. The van der Waals surface area contributed by atoms with Crippen LogP contribution >= 0.6 is 0 Å². The summed E-state index contributed by atoms with van der Waals surface area (Å²) in [6.07, 6.45) is 9.96. The molecule has 0 radical (unpaired) electrons. The SMILES string of the molecule is COC(/C=C/c1cc(F)c(F)c(F)c1)N1CCC(C(N)CN2CCC(c3c[nH]c4ccc(NS(C)(=O)=O)cc34)CC2)CC1. The van der Waals surface area contributed by atoms with Gasteiger partial charge in [-0.25, -0.2) is 21.6 Å². The molecule has 12 heteroatoms. The molecule has 8 nitrogen and oxygen atoms in total. The summed E-state index contributed by atoms with van der Waals surface area (Å²) in [5.74, 6) is -3.14. The highest BCUT2D eigenvalue weighted by Gasteiger charge is 2.30. The Bertz CT molecular complexity index is 1520. The number of fused-ring (bicyclic) bond motifs is 1. The molecule has 2 saturated heterocycles. The second-order valence-electron chi connectivity index (χ2n) is 11.8. The molecule has 5 rings (SSSR count). The van der Waals surface area contributed by atoms with Gasteiger partial charge in [-0.2, -0.15) is 0 Å². The van der Waals surface area contributed by atoms with E-state index < -0.39 is 27.5 Å². The van der Waals surface area contributed by atoms with Crippen molar-refractivity contribution >= 4 is 32.7 Å². The summed E-state index contributed by atoms with van der Waals surface area (Å²) in [6.45, 7) is 4.31. The predicted octanol–water partition coefficient (Wildman–Crippen LogP) is 4.86. The van der Waals surface area contributed by atoms with E-state index in [1.165, 1.54) is 5.56 Å². The third-order valence-electron chi connectivity index (χ3n) is 8.75. The fourth-order valence-electron chi connectivity index (χ4n) is 6.45. The number of methoxy groups -OCH3 is 1. The normalized spacial score (nSPS) is 19.8. The molecule has 43 heavy (non-hydrogen) atoms. The topological polar surface area (TPSA) is 104 Å². The molecule has 1 aromatic heterocycles. The molecule has 3 heterocycles. The molecule has 2 unspecified atom stereocenters. The van der Waals surface area contributed by atoms with E-state index in [4.69, 9.17) is 10.5 Å². The smallest absolute Gasteiger partial charge is 0.229 e. The summed E-state index contributed by atoms with van der Waals surface area (Å²) in [6, 6.07) is 7.56. The molecule has 234 valence electrons. The molecule has 0 bridgehead atoms. The number of aromatic amines is 1. The van der Waals surface area contributed by atoms with Crippen LogP contribution in [0.5, 0.6) is 0 Å².